The normalized spacial score (nSPS) is 11.5. The summed E-state index contributed by atoms with van der Waals surface area (Å²) in [4.78, 5) is 9.95. The molecule has 0 radical (unpaired) electrons. The first-order valence-electron chi connectivity index (χ1n) is 7.32. The number of halogens is 1. The minimum absolute atomic E-state index is 0.0834. The van der Waals surface area contributed by atoms with Gasteiger partial charge in [0.05, 0.1) is 9.82 Å². The van der Waals surface area contributed by atoms with Crippen molar-refractivity contribution >= 4 is 27.3 Å². The highest BCUT2D eigenvalue weighted by Gasteiger charge is 2.20. The largest absolute Gasteiger partial charge is 0.289 e. The molecule has 22 heavy (non-hydrogen) atoms. The number of rotatable bonds is 10. The van der Waals surface area contributed by atoms with Crippen molar-refractivity contribution in [2.45, 2.75) is 50.3 Å². The zero-order valence-electron chi connectivity index (χ0n) is 12.5. The Balaban J connectivity index is 2.56. The first-order valence-corrected chi connectivity index (χ1v) is 9.18. The molecule has 0 saturated heterocycles. The summed E-state index contributed by atoms with van der Waals surface area (Å²) in [6.45, 7) is 2.46. The lowest BCUT2D eigenvalue weighted by Gasteiger charge is -2.07. The molecule has 0 atom stereocenters. The van der Waals surface area contributed by atoms with Crippen molar-refractivity contribution in [3.05, 3.63) is 33.3 Å². The Morgan fingerprint density at radius 2 is 1.82 bits per heavy atom. The standard InChI is InChI=1S/C14H21ClN2O4S/c1-2-3-4-5-6-7-10-16-22(20,21)12-8-9-13(15)14(11-12)17(18)19/h8-9,11,16H,2-7,10H2,1H3. The summed E-state index contributed by atoms with van der Waals surface area (Å²) in [5, 5.41) is 10.7. The number of benzene rings is 1. The average molecular weight is 349 g/mol. The highest BCUT2D eigenvalue weighted by Crippen LogP contribution is 2.26. The van der Waals surface area contributed by atoms with Gasteiger partial charge in [0.15, 0.2) is 0 Å². The summed E-state index contributed by atoms with van der Waals surface area (Å²) in [7, 11) is -3.74. The van der Waals surface area contributed by atoms with Crippen LogP contribution in [0.15, 0.2) is 23.1 Å². The van der Waals surface area contributed by atoms with E-state index in [1.54, 1.807) is 0 Å². The Labute approximate surface area is 136 Å². The van der Waals surface area contributed by atoms with E-state index >= 15 is 0 Å². The fourth-order valence-electron chi connectivity index (χ4n) is 1.99. The van der Waals surface area contributed by atoms with E-state index < -0.39 is 20.6 Å². The second kappa shape index (κ2) is 9.07. The second-order valence-corrected chi connectivity index (χ2v) is 7.21. The van der Waals surface area contributed by atoms with Crippen molar-refractivity contribution in [1.82, 2.24) is 4.72 Å². The first kappa shape index (κ1) is 18.9. The predicted molar refractivity (Wildman–Crippen MR) is 86.7 cm³/mol. The Morgan fingerprint density at radius 1 is 1.18 bits per heavy atom. The Hall–Kier alpha value is -1.18. The van der Waals surface area contributed by atoms with Crippen LogP contribution < -0.4 is 4.72 Å². The van der Waals surface area contributed by atoms with Crippen LogP contribution in [0.1, 0.15) is 45.4 Å². The summed E-state index contributed by atoms with van der Waals surface area (Å²) in [5.74, 6) is 0. The highest BCUT2D eigenvalue weighted by atomic mass is 35.5. The summed E-state index contributed by atoms with van der Waals surface area (Å²) < 4.78 is 26.6. The topological polar surface area (TPSA) is 89.3 Å². The zero-order chi connectivity index (χ0) is 16.6. The predicted octanol–water partition coefficient (Wildman–Crippen LogP) is 3.89. The smallest absolute Gasteiger partial charge is 0.258 e. The van der Waals surface area contributed by atoms with Crippen LogP contribution in [-0.4, -0.2) is 19.9 Å². The molecule has 6 nitrogen and oxygen atoms in total. The summed E-state index contributed by atoms with van der Waals surface area (Å²) in [6, 6.07) is 3.46. The lowest BCUT2D eigenvalue weighted by molar-refractivity contribution is -0.384. The van der Waals surface area contributed by atoms with Gasteiger partial charge in [0, 0.05) is 12.6 Å². The van der Waals surface area contributed by atoms with Crippen LogP contribution in [-0.2, 0) is 10.0 Å². The highest BCUT2D eigenvalue weighted by molar-refractivity contribution is 7.89. The van der Waals surface area contributed by atoms with Gasteiger partial charge >= 0.3 is 0 Å². The molecule has 124 valence electrons. The van der Waals surface area contributed by atoms with Crippen LogP contribution in [0, 0.1) is 10.1 Å². The maximum atomic E-state index is 12.1. The number of sulfonamides is 1. The van der Waals surface area contributed by atoms with E-state index in [2.05, 4.69) is 11.6 Å². The van der Waals surface area contributed by atoms with Crippen molar-refractivity contribution in [2.24, 2.45) is 0 Å². The molecule has 1 aromatic carbocycles. The van der Waals surface area contributed by atoms with Crippen LogP contribution in [0.4, 0.5) is 5.69 Å². The number of unbranched alkanes of at least 4 members (excludes halogenated alkanes) is 5. The van der Waals surface area contributed by atoms with Crippen LogP contribution in [0.25, 0.3) is 0 Å². The van der Waals surface area contributed by atoms with Gasteiger partial charge in [-0.3, -0.25) is 10.1 Å². The van der Waals surface area contributed by atoms with Gasteiger partial charge in [-0.05, 0) is 18.6 Å². The molecule has 0 bridgehead atoms. The fourth-order valence-corrected chi connectivity index (χ4v) is 3.28. The number of nitrogens with one attached hydrogen (secondary N) is 1. The van der Waals surface area contributed by atoms with Crippen LogP contribution >= 0.6 is 11.6 Å². The van der Waals surface area contributed by atoms with Gasteiger partial charge in [-0.15, -0.1) is 0 Å². The van der Waals surface area contributed by atoms with Crippen molar-refractivity contribution in [2.75, 3.05) is 6.54 Å². The van der Waals surface area contributed by atoms with Crippen LogP contribution in [0.5, 0.6) is 0 Å². The van der Waals surface area contributed by atoms with E-state index in [-0.39, 0.29) is 9.92 Å². The molecular weight excluding hydrogens is 328 g/mol. The molecule has 8 heteroatoms. The zero-order valence-corrected chi connectivity index (χ0v) is 14.1. The van der Waals surface area contributed by atoms with Gasteiger partial charge in [0.1, 0.15) is 5.02 Å². The summed E-state index contributed by atoms with van der Waals surface area (Å²) >= 11 is 5.67. The second-order valence-electron chi connectivity index (χ2n) is 5.04. The van der Waals surface area contributed by atoms with Gasteiger partial charge in [0.25, 0.3) is 5.69 Å². The quantitative estimate of drug-likeness (QED) is 0.394. The number of nitro benzene ring substituents is 1. The monoisotopic (exact) mass is 348 g/mol. The Kier molecular flexibility index (Phi) is 7.78. The molecule has 0 aliphatic heterocycles. The molecule has 0 aliphatic carbocycles. The minimum Gasteiger partial charge on any atom is -0.258 e. The molecular formula is C14H21ClN2O4S. The molecule has 1 rings (SSSR count). The maximum absolute atomic E-state index is 12.1. The van der Waals surface area contributed by atoms with Gasteiger partial charge in [0.2, 0.25) is 10.0 Å². The molecule has 0 aromatic heterocycles. The van der Waals surface area contributed by atoms with E-state index in [1.165, 1.54) is 25.0 Å². The SMILES string of the molecule is CCCCCCCCNS(=O)(=O)c1ccc(Cl)c([N+](=O)[O-])c1. The third-order valence-corrected chi connectivity index (χ3v) is 5.03. The maximum Gasteiger partial charge on any atom is 0.289 e. The van der Waals surface area contributed by atoms with Crippen molar-refractivity contribution in [3.63, 3.8) is 0 Å². The number of hydrogen-bond acceptors (Lipinski definition) is 4. The molecule has 0 amide bonds. The third-order valence-electron chi connectivity index (χ3n) is 3.25. The molecule has 0 aliphatic rings. The van der Waals surface area contributed by atoms with Gasteiger partial charge in [-0.1, -0.05) is 50.6 Å². The molecule has 1 aromatic rings. The van der Waals surface area contributed by atoms with Crippen LogP contribution in [0.3, 0.4) is 0 Å². The van der Waals surface area contributed by atoms with Crippen molar-refractivity contribution in [1.29, 1.82) is 0 Å². The molecule has 0 heterocycles. The van der Waals surface area contributed by atoms with Gasteiger partial charge in [-0.2, -0.15) is 0 Å². The van der Waals surface area contributed by atoms with Gasteiger partial charge < -0.3 is 0 Å². The minimum atomic E-state index is -3.74. The van der Waals surface area contributed by atoms with E-state index in [9.17, 15) is 18.5 Å². The van der Waals surface area contributed by atoms with Gasteiger partial charge in [-0.25, -0.2) is 13.1 Å². The molecule has 1 N–H and O–H groups in total. The Morgan fingerprint density at radius 3 is 2.45 bits per heavy atom. The van der Waals surface area contributed by atoms with Crippen molar-refractivity contribution in [3.8, 4) is 0 Å². The lowest BCUT2D eigenvalue weighted by atomic mass is 10.1. The third kappa shape index (κ3) is 5.90. The number of hydrogen-bond donors (Lipinski definition) is 1. The first-order chi connectivity index (χ1) is 10.4. The van der Waals surface area contributed by atoms with E-state index in [0.717, 1.165) is 31.7 Å². The number of nitrogens with zero attached hydrogens (tertiary/aromatic N) is 1. The summed E-state index contributed by atoms with van der Waals surface area (Å²) in [6.07, 6.45) is 6.32. The average Bonchev–Trinajstić information content (AvgIpc) is 2.46. The molecule has 0 spiro atoms. The van der Waals surface area contributed by atoms with E-state index in [4.69, 9.17) is 11.6 Å². The van der Waals surface area contributed by atoms with E-state index in [1.807, 2.05) is 0 Å². The molecule has 0 saturated carbocycles. The lowest BCUT2D eigenvalue weighted by Crippen LogP contribution is -2.24. The van der Waals surface area contributed by atoms with Crippen molar-refractivity contribution < 1.29 is 13.3 Å². The molecule has 0 fully saturated rings. The molecule has 0 unspecified atom stereocenters. The van der Waals surface area contributed by atoms with Crippen LogP contribution in [0.2, 0.25) is 5.02 Å². The number of nitro groups is 1. The van der Waals surface area contributed by atoms with E-state index in [0.29, 0.717) is 6.54 Å². The fraction of sp³-hybridized carbons (Fsp3) is 0.571. The Bertz CT molecular complexity index is 605. The summed E-state index contributed by atoms with van der Waals surface area (Å²) in [5.41, 5.74) is -0.413.